The van der Waals surface area contributed by atoms with Gasteiger partial charge in [-0.2, -0.15) is 0 Å². The van der Waals surface area contributed by atoms with Crippen LogP contribution in [-0.2, 0) is 16.0 Å². The third kappa shape index (κ3) is 5.04. The van der Waals surface area contributed by atoms with Crippen LogP contribution in [-0.4, -0.2) is 22.9 Å². The molecule has 0 aliphatic rings. The molecule has 3 aromatic rings. The molecule has 4 nitrogen and oxygen atoms in total. The molecule has 0 spiro atoms. The molecule has 7 heteroatoms. The molecule has 1 unspecified atom stereocenters. The van der Waals surface area contributed by atoms with Gasteiger partial charge >= 0.3 is 5.97 Å². The maximum Gasteiger partial charge on any atom is 0.324 e. The van der Waals surface area contributed by atoms with Gasteiger partial charge in [-0.1, -0.05) is 47.5 Å². The highest BCUT2D eigenvalue weighted by molar-refractivity contribution is 6.35. The second kappa shape index (κ2) is 8.79. The molecule has 2 aromatic carbocycles. The molecule has 27 heavy (non-hydrogen) atoms. The van der Waals surface area contributed by atoms with Crippen LogP contribution < -0.4 is 4.74 Å². The first-order valence-electron chi connectivity index (χ1n) is 8.28. The molecule has 3 rings (SSSR count). The maximum atomic E-state index is 11.7. The zero-order valence-electron chi connectivity index (χ0n) is 14.4. The van der Waals surface area contributed by atoms with Crippen LogP contribution in [0.3, 0.4) is 0 Å². The number of hydrogen-bond acceptors (Lipinski definition) is 4. The fourth-order valence-electron chi connectivity index (χ4n) is 2.58. The summed E-state index contributed by atoms with van der Waals surface area (Å²) in [4.78, 5) is 15.8. The largest absolute Gasteiger partial charge is 0.465 e. The second-order valence-electron chi connectivity index (χ2n) is 5.81. The average Bonchev–Trinajstić information content (AvgIpc) is 2.64. The number of aromatic nitrogens is 1. The molecule has 0 amide bonds. The Bertz CT molecular complexity index is 978. The lowest BCUT2D eigenvalue weighted by molar-refractivity contribution is -0.142. The summed E-state index contributed by atoms with van der Waals surface area (Å²) >= 11 is 18.1. The van der Waals surface area contributed by atoms with E-state index in [9.17, 15) is 4.79 Å². The van der Waals surface area contributed by atoms with E-state index in [4.69, 9.17) is 44.3 Å². The minimum atomic E-state index is -0.723. The van der Waals surface area contributed by atoms with Gasteiger partial charge in [0.2, 0.25) is 5.88 Å². The highest BCUT2D eigenvalue weighted by atomic mass is 35.5. The topological polar surface area (TPSA) is 48.4 Å². The number of ether oxygens (including phenoxy) is 2. The molecule has 1 heterocycles. The van der Waals surface area contributed by atoms with E-state index in [0.29, 0.717) is 28.8 Å². The van der Waals surface area contributed by atoms with Crippen molar-refractivity contribution in [3.8, 4) is 11.6 Å². The van der Waals surface area contributed by atoms with Crippen LogP contribution in [0.15, 0.2) is 48.7 Å². The number of carbonyl (C=O) groups excluding carboxylic acids is 1. The quantitative estimate of drug-likeness (QED) is 0.357. The van der Waals surface area contributed by atoms with Crippen molar-refractivity contribution in [1.82, 2.24) is 4.98 Å². The Balaban J connectivity index is 1.82. The standard InChI is InChI=1S/C20H16Cl3NO3/c1-2-26-20(25)18(23)8-12-3-4-13-5-6-16(9-14(13)7-12)27-19-17(22)10-15(21)11-24-19/h3-7,9-11,18H,2,8H2,1H3. The Labute approximate surface area is 172 Å². The molecule has 1 atom stereocenters. The summed E-state index contributed by atoms with van der Waals surface area (Å²) in [5, 5.41) is 2.02. The van der Waals surface area contributed by atoms with Crippen molar-refractivity contribution in [2.75, 3.05) is 6.61 Å². The summed E-state index contributed by atoms with van der Waals surface area (Å²) in [6, 6.07) is 13.1. The van der Waals surface area contributed by atoms with Crippen LogP contribution in [0.4, 0.5) is 0 Å². The maximum absolute atomic E-state index is 11.7. The zero-order chi connectivity index (χ0) is 19.4. The van der Waals surface area contributed by atoms with Crippen molar-refractivity contribution in [2.45, 2.75) is 18.7 Å². The monoisotopic (exact) mass is 423 g/mol. The van der Waals surface area contributed by atoms with Crippen LogP contribution in [0.1, 0.15) is 12.5 Å². The van der Waals surface area contributed by atoms with Gasteiger partial charge in [-0.25, -0.2) is 4.98 Å². The molecular weight excluding hydrogens is 409 g/mol. The van der Waals surface area contributed by atoms with E-state index < -0.39 is 11.3 Å². The number of hydrogen-bond donors (Lipinski definition) is 0. The summed E-state index contributed by atoms with van der Waals surface area (Å²) in [6.07, 6.45) is 1.85. The van der Waals surface area contributed by atoms with E-state index in [-0.39, 0.29) is 5.88 Å². The Kier molecular flexibility index (Phi) is 6.42. The van der Waals surface area contributed by atoms with Crippen molar-refractivity contribution < 1.29 is 14.3 Å². The highest BCUT2D eigenvalue weighted by Crippen LogP contribution is 2.31. The summed E-state index contributed by atoms with van der Waals surface area (Å²) in [7, 11) is 0. The number of benzene rings is 2. The number of rotatable bonds is 6. The minimum Gasteiger partial charge on any atom is -0.465 e. The third-order valence-electron chi connectivity index (χ3n) is 3.82. The van der Waals surface area contributed by atoms with Crippen molar-refractivity contribution in [3.05, 3.63) is 64.3 Å². The normalized spacial score (nSPS) is 12.0. The second-order valence-corrected chi connectivity index (χ2v) is 7.18. The number of pyridine rings is 1. The van der Waals surface area contributed by atoms with E-state index >= 15 is 0 Å². The van der Waals surface area contributed by atoms with Gasteiger partial charge in [-0.15, -0.1) is 11.6 Å². The number of esters is 1. The molecule has 0 aliphatic heterocycles. The highest BCUT2D eigenvalue weighted by Gasteiger charge is 2.17. The SMILES string of the molecule is CCOC(=O)C(Cl)Cc1ccc2ccc(Oc3ncc(Cl)cc3Cl)cc2c1. The molecule has 0 fully saturated rings. The molecule has 1 aromatic heterocycles. The van der Waals surface area contributed by atoms with Gasteiger partial charge in [0.15, 0.2) is 0 Å². The summed E-state index contributed by atoms with van der Waals surface area (Å²) in [5.74, 6) is 0.448. The van der Waals surface area contributed by atoms with Crippen LogP contribution >= 0.6 is 34.8 Å². The Morgan fingerprint density at radius 2 is 1.89 bits per heavy atom. The first-order valence-corrected chi connectivity index (χ1v) is 9.48. The predicted molar refractivity (Wildman–Crippen MR) is 108 cm³/mol. The summed E-state index contributed by atoms with van der Waals surface area (Å²) in [6.45, 7) is 2.06. The Morgan fingerprint density at radius 3 is 2.63 bits per heavy atom. The van der Waals surface area contributed by atoms with Gasteiger partial charge in [0.05, 0.1) is 11.6 Å². The minimum absolute atomic E-state index is 0.278. The van der Waals surface area contributed by atoms with Gasteiger partial charge in [-0.3, -0.25) is 4.79 Å². The van der Waals surface area contributed by atoms with Gasteiger partial charge in [-0.05, 0) is 47.9 Å². The number of nitrogens with zero attached hydrogens (tertiary/aromatic N) is 1. The van der Waals surface area contributed by atoms with E-state index in [2.05, 4.69) is 4.98 Å². The van der Waals surface area contributed by atoms with Gasteiger partial charge in [0, 0.05) is 6.20 Å². The molecule has 140 valence electrons. The first-order chi connectivity index (χ1) is 13.0. The Morgan fingerprint density at radius 1 is 1.11 bits per heavy atom. The molecule has 0 bridgehead atoms. The van der Waals surface area contributed by atoms with Crippen LogP contribution in [0.2, 0.25) is 10.0 Å². The molecule has 0 saturated carbocycles. The summed E-state index contributed by atoms with van der Waals surface area (Å²) < 4.78 is 10.7. The van der Waals surface area contributed by atoms with Crippen molar-refractivity contribution in [3.63, 3.8) is 0 Å². The van der Waals surface area contributed by atoms with Crippen molar-refractivity contribution >= 4 is 51.5 Å². The molecule has 0 N–H and O–H groups in total. The smallest absolute Gasteiger partial charge is 0.324 e. The van der Waals surface area contributed by atoms with Gasteiger partial charge in [0.1, 0.15) is 16.1 Å². The average molecular weight is 425 g/mol. The lowest BCUT2D eigenvalue weighted by atomic mass is 10.0. The molecule has 0 radical (unpaired) electrons. The van der Waals surface area contributed by atoms with E-state index in [1.165, 1.54) is 6.20 Å². The predicted octanol–water partition coefficient (Wildman–Crippen LogP) is 6.05. The van der Waals surface area contributed by atoms with Gasteiger partial charge in [0.25, 0.3) is 0 Å². The number of halogens is 3. The van der Waals surface area contributed by atoms with Crippen LogP contribution in [0.25, 0.3) is 10.8 Å². The van der Waals surface area contributed by atoms with E-state index in [1.807, 2.05) is 36.4 Å². The Hall–Kier alpha value is -2.01. The zero-order valence-corrected chi connectivity index (χ0v) is 16.7. The number of fused-ring (bicyclic) bond motifs is 1. The molecular formula is C20H16Cl3NO3. The molecule has 0 saturated heterocycles. The summed E-state index contributed by atoms with van der Waals surface area (Å²) in [5.41, 5.74) is 0.926. The molecule has 0 aliphatic carbocycles. The van der Waals surface area contributed by atoms with E-state index in [1.54, 1.807) is 13.0 Å². The number of carbonyl (C=O) groups is 1. The van der Waals surface area contributed by atoms with Crippen molar-refractivity contribution in [2.24, 2.45) is 0 Å². The first kappa shape index (κ1) is 19.7. The number of alkyl halides is 1. The lowest BCUT2D eigenvalue weighted by Gasteiger charge is -2.11. The fraction of sp³-hybridized carbons (Fsp3) is 0.200. The van der Waals surface area contributed by atoms with Crippen LogP contribution in [0.5, 0.6) is 11.6 Å². The van der Waals surface area contributed by atoms with Gasteiger partial charge < -0.3 is 9.47 Å². The van der Waals surface area contributed by atoms with Crippen LogP contribution in [0, 0.1) is 0 Å². The van der Waals surface area contributed by atoms with Crippen molar-refractivity contribution in [1.29, 1.82) is 0 Å². The van der Waals surface area contributed by atoms with E-state index in [0.717, 1.165) is 16.3 Å². The lowest BCUT2D eigenvalue weighted by Crippen LogP contribution is -2.20. The fourth-order valence-corrected chi connectivity index (χ4v) is 3.24. The third-order valence-corrected chi connectivity index (χ3v) is 4.63.